The summed E-state index contributed by atoms with van der Waals surface area (Å²) in [6.07, 6.45) is 11.8. The second-order valence-electron chi connectivity index (χ2n) is 10.3. The number of allylic oxidation sites excluding steroid dienone is 2. The van der Waals surface area contributed by atoms with Crippen LogP contribution in [0.1, 0.15) is 39.7 Å². The molecular formula is C35H29Cl2N3O4. The predicted octanol–water partition coefficient (Wildman–Crippen LogP) is 7.42. The molecule has 0 aliphatic heterocycles. The van der Waals surface area contributed by atoms with Crippen molar-refractivity contribution in [3.63, 3.8) is 0 Å². The second kappa shape index (κ2) is 13.9. The van der Waals surface area contributed by atoms with Crippen molar-refractivity contribution < 1.29 is 19.0 Å². The molecule has 7 nitrogen and oxygen atoms in total. The van der Waals surface area contributed by atoms with Crippen molar-refractivity contribution in [1.29, 1.82) is 5.26 Å². The van der Waals surface area contributed by atoms with Gasteiger partial charge in [-0.25, -0.2) is 0 Å². The van der Waals surface area contributed by atoms with E-state index in [1.807, 2.05) is 73.7 Å². The van der Waals surface area contributed by atoms with Crippen LogP contribution in [0.3, 0.4) is 0 Å². The number of alkyl halides is 1. The number of aldehydes is 1. The number of pyridine rings is 2. The van der Waals surface area contributed by atoms with Crippen LogP contribution in [0.25, 0.3) is 5.57 Å². The molecule has 1 aliphatic rings. The summed E-state index contributed by atoms with van der Waals surface area (Å²) in [6, 6.07) is 22.4. The molecule has 9 heteroatoms. The lowest BCUT2D eigenvalue weighted by molar-refractivity contribution is -0.0507. The van der Waals surface area contributed by atoms with Crippen LogP contribution in [-0.2, 0) is 17.8 Å². The summed E-state index contributed by atoms with van der Waals surface area (Å²) in [4.78, 5) is 19.3. The standard InChI is InChI=1S/C35H29Cl2N3O4/c1-34(37)30(27-8-3-2-4-9-27)11-7-13-35(34,44-15-12-29-10-5-6-14-40-29)24-43-33-18-32(28(22-41)17-31(33)36)42-23-26-16-25(19-38)20-39-21-26/h2-11,13-14,16-18,20-22H,12,15,23-24H2,1H3. The summed E-state index contributed by atoms with van der Waals surface area (Å²) >= 11 is 14.0. The maximum absolute atomic E-state index is 11.9. The molecule has 0 amide bonds. The first-order valence-electron chi connectivity index (χ1n) is 13.9. The molecular weight excluding hydrogens is 597 g/mol. The fourth-order valence-electron chi connectivity index (χ4n) is 4.97. The molecule has 0 saturated carbocycles. The minimum absolute atomic E-state index is 0.00359. The Morgan fingerprint density at radius 2 is 1.84 bits per heavy atom. The van der Waals surface area contributed by atoms with Crippen molar-refractivity contribution in [3.8, 4) is 17.6 Å². The maximum atomic E-state index is 11.9. The van der Waals surface area contributed by atoms with Gasteiger partial charge in [0.15, 0.2) is 6.29 Å². The van der Waals surface area contributed by atoms with Crippen LogP contribution in [0.2, 0.25) is 5.02 Å². The average molecular weight is 627 g/mol. The lowest BCUT2D eigenvalue weighted by atomic mass is 9.76. The van der Waals surface area contributed by atoms with E-state index in [9.17, 15) is 10.1 Å². The summed E-state index contributed by atoms with van der Waals surface area (Å²) in [5, 5.41) is 9.40. The molecule has 2 heterocycles. The van der Waals surface area contributed by atoms with E-state index >= 15 is 0 Å². The Balaban J connectivity index is 1.42. The van der Waals surface area contributed by atoms with Gasteiger partial charge in [-0.05, 0) is 48.4 Å². The number of rotatable bonds is 12. The Morgan fingerprint density at radius 3 is 2.59 bits per heavy atom. The molecule has 0 bridgehead atoms. The van der Waals surface area contributed by atoms with Crippen molar-refractivity contribution >= 4 is 35.1 Å². The molecule has 44 heavy (non-hydrogen) atoms. The average Bonchev–Trinajstić information content (AvgIpc) is 3.05. The number of carbonyl (C=O) groups is 1. The van der Waals surface area contributed by atoms with Gasteiger partial charge in [0, 0.05) is 42.3 Å². The monoisotopic (exact) mass is 625 g/mol. The number of hydrogen-bond acceptors (Lipinski definition) is 7. The molecule has 2 aromatic carbocycles. The number of benzene rings is 2. The smallest absolute Gasteiger partial charge is 0.153 e. The molecule has 1 aliphatic carbocycles. The van der Waals surface area contributed by atoms with Gasteiger partial charge >= 0.3 is 0 Å². The highest BCUT2D eigenvalue weighted by Crippen LogP contribution is 2.47. The van der Waals surface area contributed by atoms with Crippen molar-refractivity contribution in [2.24, 2.45) is 0 Å². The van der Waals surface area contributed by atoms with Crippen LogP contribution in [0.4, 0.5) is 0 Å². The molecule has 2 aromatic heterocycles. The number of halogens is 2. The highest BCUT2D eigenvalue weighted by atomic mass is 35.5. The lowest BCUT2D eigenvalue weighted by Gasteiger charge is -2.45. The minimum Gasteiger partial charge on any atom is -0.488 e. The molecule has 0 N–H and O–H groups in total. The number of carbonyl (C=O) groups excluding carboxylic acids is 1. The van der Waals surface area contributed by atoms with Gasteiger partial charge in [0.2, 0.25) is 0 Å². The third-order valence-electron chi connectivity index (χ3n) is 7.41. The Morgan fingerprint density at radius 1 is 1.02 bits per heavy atom. The van der Waals surface area contributed by atoms with Crippen molar-refractivity contribution in [1.82, 2.24) is 9.97 Å². The summed E-state index contributed by atoms with van der Waals surface area (Å²) in [7, 11) is 0. The number of hydrogen-bond donors (Lipinski definition) is 0. The van der Waals surface area contributed by atoms with Gasteiger partial charge in [-0.1, -0.05) is 60.2 Å². The molecule has 4 aromatic rings. The van der Waals surface area contributed by atoms with Crippen LogP contribution >= 0.6 is 23.2 Å². The van der Waals surface area contributed by atoms with Crippen LogP contribution < -0.4 is 9.47 Å². The normalized spacial score (nSPS) is 19.1. The zero-order valence-corrected chi connectivity index (χ0v) is 25.5. The predicted molar refractivity (Wildman–Crippen MR) is 170 cm³/mol. The largest absolute Gasteiger partial charge is 0.488 e. The van der Waals surface area contributed by atoms with E-state index in [4.69, 9.17) is 37.4 Å². The summed E-state index contributed by atoms with van der Waals surface area (Å²) in [5.74, 6) is 0.560. The van der Waals surface area contributed by atoms with Gasteiger partial charge in [-0.3, -0.25) is 14.8 Å². The molecule has 222 valence electrons. The molecule has 2 unspecified atom stereocenters. The molecule has 0 radical (unpaired) electrons. The third kappa shape index (κ3) is 6.84. The van der Waals surface area contributed by atoms with E-state index < -0.39 is 10.5 Å². The molecule has 0 fully saturated rings. The van der Waals surface area contributed by atoms with Crippen molar-refractivity contribution in [3.05, 3.63) is 137 Å². The van der Waals surface area contributed by atoms with Crippen LogP contribution in [0.5, 0.6) is 11.5 Å². The van der Waals surface area contributed by atoms with Crippen LogP contribution in [-0.4, -0.2) is 39.9 Å². The Kier molecular flexibility index (Phi) is 9.76. The minimum atomic E-state index is -1.11. The lowest BCUT2D eigenvalue weighted by Crippen LogP contribution is -2.55. The van der Waals surface area contributed by atoms with Crippen LogP contribution in [0, 0.1) is 11.3 Å². The van der Waals surface area contributed by atoms with Gasteiger partial charge < -0.3 is 14.2 Å². The van der Waals surface area contributed by atoms with Crippen molar-refractivity contribution in [2.45, 2.75) is 30.4 Å². The van der Waals surface area contributed by atoms with Gasteiger partial charge in [-0.15, -0.1) is 11.6 Å². The number of aromatic nitrogens is 2. The van der Waals surface area contributed by atoms with E-state index in [-0.39, 0.29) is 29.5 Å². The van der Waals surface area contributed by atoms with Gasteiger partial charge in [-0.2, -0.15) is 5.26 Å². The molecule has 2 atom stereocenters. The summed E-state index contributed by atoms with van der Waals surface area (Å²) in [6.45, 7) is 2.33. The fourth-order valence-corrected chi connectivity index (χ4v) is 5.54. The van der Waals surface area contributed by atoms with E-state index in [0.717, 1.165) is 16.8 Å². The first-order valence-corrected chi connectivity index (χ1v) is 14.7. The van der Waals surface area contributed by atoms with Gasteiger partial charge in [0.05, 0.1) is 22.8 Å². The van der Waals surface area contributed by atoms with Gasteiger partial charge in [0.25, 0.3) is 0 Å². The summed E-state index contributed by atoms with van der Waals surface area (Å²) in [5.41, 5.74) is 2.95. The SMILES string of the molecule is CC1(Cl)C(c2ccccc2)=CC=CC1(COc1cc(OCc2cncc(C#N)c2)c(C=O)cc1Cl)OCCc1ccccn1. The van der Waals surface area contributed by atoms with E-state index in [1.165, 1.54) is 12.3 Å². The fraction of sp³-hybridized carbons (Fsp3) is 0.200. The zero-order valence-electron chi connectivity index (χ0n) is 24.0. The van der Waals surface area contributed by atoms with E-state index in [0.29, 0.717) is 36.2 Å². The Hall–Kier alpha value is -4.48. The number of ether oxygens (including phenoxy) is 3. The first kappa shape index (κ1) is 31.0. The second-order valence-corrected chi connectivity index (χ2v) is 11.5. The van der Waals surface area contributed by atoms with Crippen molar-refractivity contribution in [2.75, 3.05) is 13.2 Å². The van der Waals surface area contributed by atoms with E-state index in [1.54, 1.807) is 24.5 Å². The number of nitriles is 1. The quantitative estimate of drug-likeness (QED) is 0.119. The highest BCUT2D eigenvalue weighted by Gasteiger charge is 2.51. The summed E-state index contributed by atoms with van der Waals surface area (Å²) < 4.78 is 18.9. The first-order chi connectivity index (χ1) is 21.3. The van der Waals surface area contributed by atoms with Crippen LogP contribution in [0.15, 0.2) is 104 Å². The molecule has 5 rings (SSSR count). The Labute approximate surface area is 266 Å². The maximum Gasteiger partial charge on any atom is 0.153 e. The number of nitrogens with zero attached hydrogens (tertiary/aromatic N) is 3. The third-order valence-corrected chi connectivity index (χ3v) is 8.23. The zero-order chi connectivity index (χ0) is 31.0. The highest BCUT2D eigenvalue weighted by molar-refractivity contribution is 6.32. The Bertz CT molecular complexity index is 1720. The molecule has 0 spiro atoms. The van der Waals surface area contributed by atoms with Gasteiger partial charge in [0.1, 0.15) is 41.3 Å². The topological polar surface area (TPSA) is 94.3 Å². The van der Waals surface area contributed by atoms with E-state index in [2.05, 4.69) is 16.0 Å². The molecule has 0 saturated heterocycles.